The molecule has 1 atom stereocenters. The minimum atomic E-state index is 0.505. The Kier molecular flexibility index (Phi) is 3.97. The first kappa shape index (κ1) is 12.3. The molecule has 0 saturated heterocycles. The lowest BCUT2D eigenvalue weighted by Gasteiger charge is -2.10. The van der Waals surface area contributed by atoms with Gasteiger partial charge in [0.1, 0.15) is 0 Å². The van der Waals surface area contributed by atoms with E-state index in [4.69, 9.17) is 5.84 Å². The topological polar surface area (TPSA) is 62.4 Å². The van der Waals surface area contributed by atoms with Gasteiger partial charge in [0.05, 0.1) is 0 Å². The second-order valence-electron chi connectivity index (χ2n) is 5.50. The Morgan fingerprint density at radius 1 is 1.53 bits per heavy atom. The van der Waals surface area contributed by atoms with Gasteiger partial charge in [0, 0.05) is 13.1 Å². The van der Waals surface area contributed by atoms with E-state index in [-0.39, 0.29) is 0 Å². The van der Waals surface area contributed by atoms with Crippen LogP contribution < -0.4 is 16.6 Å². The van der Waals surface area contributed by atoms with Crippen molar-refractivity contribution in [1.29, 1.82) is 0 Å². The summed E-state index contributed by atoms with van der Waals surface area (Å²) in [6.07, 6.45) is 1.29. The highest BCUT2D eigenvalue weighted by atomic mass is 15.3. The van der Waals surface area contributed by atoms with Gasteiger partial charge in [0.15, 0.2) is 0 Å². The van der Waals surface area contributed by atoms with Crippen LogP contribution in [-0.4, -0.2) is 19.0 Å². The molecule has 0 aliphatic heterocycles. The van der Waals surface area contributed by atoms with Crippen LogP contribution in [0.25, 0.3) is 0 Å². The van der Waals surface area contributed by atoms with Gasteiger partial charge in [-0.15, -0.1) is 0 Å². The van der Waals surface area contributed by atoms with Crippen molar-refractivity contribution in [2.75, 3.05) is 13.1 Å². The molecule has 15 heavy (non-hydrogen) atoms. The number of hydrogen-bond acceptors (Lipinski definition) is 2. The van der Waals surface area contributed by atoms with Crippen LogP contribution in [0.5, 0.6) is 0 Å². The Morgan fingerprint density at radius 2 is 2.13 bits per heavy atom. The van der Waals surface area contributed by atoms with Crippen molar-refractivity contribution >= 4 is 5.96 Å². The van der Waals surface area contributed by atoms with Crippen LogP contribution in [0.3, 0.4) is 0 Å². The maximum absolute atomic E-state index is 5.39. The monoisotopic (exact) mass is 212 g/mol. The summed E-state index contributed by atoms with van der Waals surface area (Å²) in [6, 6.07) is 0. The van der Waals surface area contributed by atoms with Crippen molar-refractivity contribution in [3.05, 3.63) is 0 Å². The molecule has 4 N–H and O–H groups in total. The van der Waals surface area contributed by atoms with Crippen LogP contribution in [0.15, 0.2) is 4.99 Å². The third-order valence-electron chi connectivity index (χ3n) is 2.98. The minimum Gasteiger partial charge on any atom is -0.355 e. The molecule has 0 aromatic carbocycles. The molecule has 4 heteroatoms. The Labute approximate surface area is 92.7 Å². The average molecular weight is 212 g/mol. The molecule has 1 aliphatic carbocycles. The molecule has 0 aromatic heterocycles. The van der Waals surface area contributed by atoms with E-state index in [1.807, 2.05) is 0 Å². The summed E-state index contributed by atoms with van der Waals surface area (Å²) in [4.78, 5) is 4.36. The fourth-order valence-corrected chi connectivity index (χ4v) is 1.57. The van der Waals surface area contributed by atoms with E-state index < -0.39 is 0 Å². The Balaban J connectivity index is 2.25. The third-order valence-corrected chi connectivity index (χ3v) is 2.98. The van der Waals surface area contributed by atoms with Gasteiger partial charge >= 0.3 is 0 Å². The number of aliphatic imine (C=N–C) groups is 1. The van der Waals surface area contributed by atoms with Crippen LogP contribution >= 0.6 is 0 Å². The molecule has 0 heterocycles. The molecule has 0 spiro atoms. The first-order valence-corrected chi connectivity index (χ1v) is 5.70. The zero-order valence-corrected chi connectivity index (χ0v) is 10.3. The van der Waals surface area contributed by atoms with Crippen molar-refractivity contribution in [2.24, 2.45) is 28.1 Å². The molecular weight excluding hydrogens is 188 g/mol. The fourth-order valence-electron chi connectivity index (χ4n) is 1.57. The van der Waals surface area contributed by atoms with E-state index in [2.05, 4.69) is 43.4 Å². The quantitative estimate of drug-likeness (QED) is 0.283. The molecule has 0 radical (unpaired) electrons. The maximum Gasteiger partial charge on any atom is 0.205 e. The third kappa shape index (κ3) is 4.08. The number of guanidine groups is 1. The van der Waals surface area contributed by atoms with Gasteiger partial charge in [-0.05, 0) is 23.7 Å². The molecule has 4 nitrogen and oxygen atoms in total. The van der Waals surface area contributed by atoms with Gasteiger partial charge in [-0.3, -0.25) is 10.4 Å². The largest absolute Gasteiger partial charge is 0.355 e. The summed E-state index contributed by atoms with van der Waals surface area (Å²) in [6.45, 7) is 10.6. The molecule has 0 aromatic rings. The number of nitrogens with zero attached hydrogens (tertiary/aromatic N) is 1. The number of nitrogens with one attached hydrogen (secondary N) is 2. The average Bonchev–Trinajstić information content (AvgIpc) is 2.74. The highest BCUT2D eigenvalue weighted by molar-refractivity contribution is 5.79. The van der Waals surface area contributed by atoms with Crippen molar-refractivity contribution in [2.45, 2.75) is 34.1 Å². The number of hydrogen-bond donors (Lipinski definition) is 3. The zero-order chi connectivity index (χ0) is 11.5. The van der Waals surface area contributed by atoms with Crippen molar-refractivity contribution < 1.29 is 0 Å². The maximum atomic E-state index is 5.39. The fraction of sp³-hybridized carbons (Fsp3) is 0.909. The van der Waals surface area contributed by atoms with Gasteiger partial charge in [-0.25, -0.2) is 5.84 Å². The van der Waals surface area contributed by atoms with Crippen molar-refractivity contribution in [3.8, 4) is 0 Å². The molecule has 1 fully saturated rings. The van der Waals surface area contributed by atoms with E-state index in [9.17, 15) is 0 Å². The predicted molar refractivity (Wildman–Crippen MR) is 64.4 cm³/mol. The first-order valence-electron chi connectivity index (χ1n) is 5.70. The van der Waals surface area contributed by atoms with E-state index in [1.165, 1.54) is 6.42 Å². The van der Waals surface area contributed by atoms with E-state index in [0.29, 0.717) is 17.3 Å². The van der Waals surface area contributed by atoms with Crippen LogP contribution in [0.4, 0.5) is 0 Å². The molecule has 1 rings (SSSR count). The Morgan fingerprint density at radius 3 is 2.53 bits per heavy atom. The lowest BCUT2D eigenvalue weighted by atomic mass is 10.1. The molecule has 0 amide bonds. The SMILES string of the molecule is CC(C)CN=C(NN)NCC1CC1(C)C. The zero-order valence-electron chi connectivity index (χ0n) is 10.3. The molecule has 1 saturated carbocycles. The summed E-state index contributed by atoms with van der Waals surface area (Å²) in [5.74, 6) is 7.43. The second-order valence-corrected chi connectivity index (χ2v) is 5.50. The van der Waals surface area contributed by atoms with Gasteiger partial charge in [0.2, 0.25) is 5.96 Å². The van der Waals surface area contributed by atoms with Crippen LogP contribution in [0.1, 0.15) is 34.1 Å². The highest BCUT2D eigenvalue weighted by Gasteiger charge is 2.45. The number of hydrazine groups is 1. The second kappa shape index (κ2) is 4.84. The van der Waals surface area contributed by atoms with Gasteiger partial charge in [0.25, 0.3) is 0 Å². The highest BCUT2D eigenvalue weighted by Crippen LogP contribution is 2.50. The Hall–Kier alpha value is -0.770. The smallest absolute Gasteiger partial charge is 0.205 e. The van der Waals surface area contributed by atoms with Crippen LogP contribution in [0, 0.1) is 17.3 Å². The standard InChI is InChI=1S/C11H24N4/c1-8(2)6-13-10(15-12)14-7-9-5-11(9,3)4/h8-9H,5-7,12H2,1-4H3,(H2,13,14,15). The molecular formula is C11H24N4. The lowest BCUT2D eigenvalue weighted by Crippen LogP contribution is -2.42. The summed E-state index contributed by atoms with van der Waals surface area (Å²) < 4.78 is 0. The van der Waals surface area contributed by atoms with Gasteiger partial charge in [-0.2, -0.15) is 0 Å². The van der Waals surface area contributed by atoms with Gasteiger partial charge < -0.3 is 5.32 Å². The van der Waals surface area contributed by atoms with Crippen LogP contribution in [0.2, 0.25) is 0 Å². The normalized spacial score (nSPS) is 24.1. The number of rotatable bonds is 4. The van der Waals surface area contributed by atoms with Crippen LogP contribution in [-0.2, 0) is 0 Å². The molecule has 0 bridgehead atoms. The van der Waals surface area contributed by atoms with Gasteiger partial charge in [-0.1, -0.05) is 27.7 Å². The molecule has 1 unspecified atom stereocenters. The van der Waals surface area contributed by atoms with E-state index in [0.717, 1.165) is 19.0 Å². The summed E-state index contributed by atoms with van der Waals surface area (Å²) in [5.41, 5.74) is 3.11. The summed E-state index contributed by atoms with van der Waals surface area (Å²) >= 11 is 0. The van der Waals surface area contributed by atoms with Crippen molar-refractivity contribution in [3.63, 3.8) is 0 Å². The number of nitrogens with two attached hydrogens (primary N) is 1. The Bertz CT molecular complexity index is 233. The summed E-state index contributed by atoms with van der Waals surface area (Å²) in [7, 11) is 0. The van der Waals surface area contributed by atoms with Crippen molar-refractivity contribution in [1.82, 2.24) is 10.7 Å². The molecule has 1 aliphatic rings. The minimum absolute atomic E-state index is 0.505. The first-order chi connectivity index (χ1) is 6.95. The predicted octanol–water partition coefficient (Wildman–Crippen LogP) is 1.10. The van der Waals surface area contributed by atoms with E-state index in [1.54, 1.807) is 0 Å². The molecule has 88 valence electrons. The lowest BCUT2D eigenvalue weighted by molar-refractivity contribution is 0.548. The summed E-state index contributed by atoms with van der Waals surface area (Å²) in [5, 5.41) is 3.26. The van der Waals surface area contributed by atoms with E-state index >= 15 is 0 Å².